The van der Waals surface area contributed by atoms with Crippen LogP contribution < -0.4 is 11.1 Å². The first kappa shape index (κ1) is 13.4. The van der Waals surface area contributed by atoms with Gasteiger partial charge < -0.3 is 11.1 Å². The highest BCUT2D eigenvalue weighted by molar-refractivity contribution is 6.31. The van der Waals surface area contributed by atoms with Gasteiger partial charge in [0, 0.05) is 10.6 Å². The van der Waals surface area contributed by atoms with E-state index in [9.17, 15) is 9.18 Å². The normalized spacial score (nSPS) is 10.3. The summed E-state index contributed by atoms with van der Waals surface area (Å²) in [5.41, 5.74) is 6.98. The molecule has 0 radical (unpaired) electrons. The van der Waals surface area contributed by atoms with Gasteiger partial charge in [-0.3, -0.25) is 4.79 Å². The predicted octanol–water partition coefficient (Wildman–Crippen LogP) is 3.62. The first-order valence-corrected chi connectivity index (χ1v) is 5.98. The van der Waals surface area contributed by atoms with Gasteiger partial charge in [0.05, 0.1) is 5.69 Å². The second-order valence-corrected chi connectivity index (χ2v) is 4.53. The molecule has 0 atom stereocenters. The molecule has 2 aromatic carbocycles. The van der Waals surface area contributed by atoms with Crippen molar-refractivity contribution in [3.05, 3.63) is 58.4 Å². The lowest BCUT2D eigenvalue weighted by Gasteiger charge is -2.09. The molecule has 0 heterocycles. The van der Waals surface area contributed by atoms with Crippen LogP contribution >= 0.6 is 11.6 Å². The van der Waals surface area contributed by atoms with Gasteiger partial charge in [0.1, 0.15) is 11.5 Å². The lowest BCUT2D eigenvalue weighted by Crippen LogP contribution is -2.14. The molecular formula is C14H12ClFN2O. The standard InChI is InChI=1S/C14H12ClFN2O/c1-8-5-6-9(7-10(8)15)14(19)18-13-11(16)3-2-4-12(13)17/h2-7H,17H2,1H3,(H,18,19). The number of anilines is 2. The molecule has 0 aromatic heterocycles. The van der Waals surface area contributed by atoms with Crippen molar-refractivity contribution in [2.75, 3.05) is 11.1 Å². The molecule has 2 aromatic rings. The smallest absolute Gasteiger partial charge is 0.255 e. The maximum atomic E-state index is 13.5. The molecule has 3 N–H and O–H groups in total. The SMILES string of the molecule is Cc1ccc(C(=O)Nc2c(N)cccc2F)cc1Cl. The Labute approximate surface area is 115 Å². The molecule has 0 fully saturated rings. The zero-order valence-corrected chi connectivity index (χ0v) is 11.0. The van der Waals surface area contributed by atoms with Crippen molar-refractivity contribution in [1.29, 1.82) is 0 Å². The van der Waals surface area contributed by atoms with Crippen LogP contribution in [0, 0.1) is 12.7 Å². The van der Waals surface area contributed by atoms with Gasteiger partial charge in [-0.2, -0.15) is 0 Å². The van der Waals surface area contributed by atoms with E-state index < -0.39 is 11.7 Å². The summed E-state index contributed by atoms with van der Waals surface area (Å²) in [5, 5.41) is 2.92. The van der Waals surface area contributed by atoms with E-state index in [0.717, 1.165) is 5.56 Å². The van der Waals surface area contributed by atoms with E-state index in [0.29, 0.717) is 10.6 Å². The summed E-state index contributed by atoms with van der Waals surface area (Å²) < 4.78 is 13.5. The Bertz CT molecular complexity index is 623. The lowest BCUT2D eigenvalue weighted by molar-refractivity contribution is 0.102. The van der Waals surface area contributed by atoms with Crippen molar-refractivity contribution < 1.29 is 9.18 Å². The fourth-order valence-electron chi connectivity index (χ4n) is 1.59. The minimum absolute atomic E-state index is 0.0239. The fraction of sp³-hybridized carbons (Fsp3) is 0.0714. The molecule has 0 spiro atoms. The van der Waals surface area contributed by atoms with E-state index in [1.165, 1.54) is 24.3 Å². The van der Waals surface area contributed by atoms with Crippen LogP contribution in [0.1, 0.15) is 15.9 Å². The Morgan fingerprint density at radius 1 is 1.32 bits per heavy atom. The molecule has 1 amide bonds. The summed E-state index contributed by atoms with van der Waals surface area (Å²) in [6.45, 7) is 1.83. The molecule has 0 bridgehead atoms. The summed E-state index contributed by atoms with van der Waals surface area (Å²) in [6.07, 6.45) is 0. The van der Waals surface area contributed by atoms with E-state index in [4.69, 9.17) is 17.3 Å². The number of hydrogen-bond donors (Lipinski definition) is 2. The number of carbonyl (C=O) groups is 1. The van der Waals surface area contributed by atoms with Crippen molar-refractivity contribution in [2.24, 2.45) is 0 Å². The first-order valence-electron chi connectivity index (χ1n) is 5.60. The summed E-state index contributed by atoms with van der Waals surface area (Å²) in [4.78, 5) is 12.0. The van der Waals surface area contributed by atoms with E-state index in [2.05, 4.69) is 5.32 Å². The Balaban J connectivity index is 2.28. The molecule has 0 unspecified atom stereocenters. The van der Waals surface area contributed by atoms with Gasteiger partial charge in [-0.1, -0.05) is 23.7 Å². The number of para-hydroxylation sites is 1. The molecule has 3 nitrogen and oxygen atoms in total. The number of amides is 1. The van der Waals surface area contributed by atoms with Gasteiger partial charge in [0.25, 0.3) is 5.91 Å². The summed E-state index contributed by atoms with van der Waals surface area (Å²) in [7, 11) is 0. The fourth-order valence-corrected chi connectivity index (χ4v) is 1.77. The van der Waals surface area contributed by atoms with Crippen LogP contribution in [-0.4, -0.2) is 5.91 Å². The second kappa shape index (κ2) is 5.28. The quantitative estimate of drug-likeness (QED) is 0.824. The Morgan fingerprint density at radius 2 is 2.05 bits per heavy atom. The maximum Gasteiger partial charge on any atom is 0.255 e. The second-order valence-electron chi connectivity index (χ2n) is 4.12. The Morgan fingerprint density at radius 3 is 2.68 bits per heavy atom. The van der Waals surface area contributed by atoms with Crippen LogP contribution in [0.25, 0.3) is 0 Å². The van der Waals surface area contributed by atoms with Crippen molar-refractivity contribution >= 4 is 28.9 Å². The lowest BCUT2D eigenvalue weighted by atomic mass is 10.1. The monoisotopic (exact) mass is 278 g/mol. The van der Waals surface area contributed by atoms with Crippen LogP contribution in [0.3, 0.4) is 0 Å². The number of nitrogens with one attached hydrogen (secondary N) is 1. The average Bonchev–Trinajstić information content (AvgIpc) is 2.37. The van der Waals surface area contributed by atoms with Gasteiger partial charge in [-0.15, -0.1) is 0 Å². The van der Waals surface area contributed by atoms with Gasteiger partial charge in [-0.05, 0) is 36.8 Å². The number of halogens is 2. The highest BCUT2D eigenvalue weighted by Crippen LogP contribution is 2.23. The predicted molar refractivity (Wildman–Crippen MR) is 75.0 cm³/mol. The molecular weight excluding hydrogens is 267 g/mol. The zero-order chi connectivity index (χ0) is 14.0. The molecule has 0 aliphatic heterocycles. The molecule has 0 saturated heterocycles. The number of nitrogen functional groups attached to an aromatic ring is 1. The highest BCUT2D eigenvalue weighted by atomic mass is 35.5. The van der Waals surface area contributed by atoms with Gasteiger partial charge in [0.15, 0.2) is 0 Å². The van der Waals surface area contributed by atoms with Crippen molar-refractivity contribution in [3.8, 4) is 0 Å². The maximum absolute atomic E-state index is 13.5. The van der Waals surface area contributed by atoms with Crippen LogP contribution in [0.2, 0.25) is 5.02 Å². The molecule has 98 valence electrons. The van der Waals surface area contributed by atoms with Crippen LogP contribution in [0.15, 0.2) is 36.4 Å². The zero-order valence-electron chi connectivity index (χ0n) is 10.2. The van der Waals surface area contributed by atoms with Crippen LogP contribution in [0.4, 0.5) is 15.8 Å². The Hall–Kier alpha value is -2.07. The topological polar surface area (TPSA) is 55.1 Å². The van der Waals surface area contributed by atoms with E-state index in [1.807, 2.05) is 6.92 Å². The van der Waals surface area contributed by atoms with Crippen molar-refractivity contribution in [3.63, 3.8) is 0 Å². The molecule has 5 heteroatoms. The van der Waals surface area contributed by atoms with Crippen molar-refractivity contribution in [1.82, 2.24) is 0 Å². The summed E-state index contributed by atoms with van der Waals surface area (Å²) in [5.74, 6) is -1.04. The highest BCUT2D eigenvalue weighted by Gasteiger charge is 2.12. The van der Waals surface area contributed by atoms with Crippen LogP contribution in [0.5, 0.6) is 0 Å². The van der Waals surface area contributed by atoms with Gasteiger partial charge in [0.2, 0.25) is 0 Å². The number of carbonyl (C=O) groups excluding carboxylic acids is 1. The van der Waals surface area contributed by atoms with E-state index in [1.54, 1.807) is 12.1 Å². The third kappa shape index (κ3) is 2.85. The summed E-state index contributed by atoms with van der Waals surface area (Å²) in [6, 6.07) is 9.09. The number of aryl methyl sites for hydroxylation is 1. The molecule has 0 aliphatic carbocycles. The van der Waals surface area contributed by atoms with E-state index >= 15 is 0 Å². The van der Waals surface area contributed by atoms with Crippen molar-refractivity contribution in [2.45, 2.75) is 6.92 Å². The molecule has 2 rings (SSSR count). The minimum Gasteiger partial charge on any atom is -0.397 e. The molecule has 19 heavy (non-hydrogen) atoms. The van der Waals surface area contributed by atoms with E-state index in [-0.39, 0.29) is 11.4 Å². The third-order valence-electron chi connectivity index (χ3n) is 2.72. The summed E-state index contributed by atoms with van der Waals surface area (Å²) >= 11 is 5.94. The molecule has 0 aliphatic rings. The largest absolute Gasteiger partial charge is 0.397 e. The van der Waals surface area contributed by atoms with Gasteiger partial charge >= 0.3 is 0 Å². The Kier molecular flexibility index (Phi) is 3.71. The van der Waals surface area contributed by atoms with Crippen LogP contribution in [-0.2, 0) is 0 Å². The number of rotatable bonds is 2. The third-order valence-corrected chi connectivity index (χ3v) is 3.13. The van der Waals surface area contributed by atoms with Gasteiger partial charge in [-0.25, -0.2) is 4.39 Å². The minimum atomic E-state index is -0.577. The first-order chi connectivity index (χ1) is 8.99. The molecule has 0 saturated carbocycles. The number of hydrogen-bond acceptors (Lipinski definition) is 2. The number of benzene rings is 2. The number of nitrogens with two attached hydrogens (primary N) is 1. The average molecular weight is 279 g/mol.